The number of halogens is 3. The Hall–Kier alpha value is -1.27. The van der Waals surface area contributed by atoms with Gasteiger partial charge < -0.3 is 15.0 Å². The van der Waals surface area contributed by atoms with Crippen LogP contribution in [-0.2, 0) is 6.42 Å². The third-order valence-electron chi connectivity index (χ3n) is 3.84. The molecule has 1 heterocycles. The highest BCUT2D eigenvalue weighted by molar-refractivity contribution is 5.28. The Balaban J connectivity index is 1.82. The molecule has 0 atom stereocenters. The van der Waals surface area contributed by atoms with Gasteiger partial charge >= 0.3 is 6.36 Å². The van der Waals surface area contributed by atoms with Crippen molar-refractivity contribution < 1.29 is 17.9 Å². The average molecular weight is 302 g/mol. The highest BCUT2D eigenvalue weighted by Crippen LogP contribution is 2.23. The van der Waals surface area contributed by atoms with E-state index in [4.69, 9.17) is 0 Å². The fourth-order valence-electron chi connectivity index (χ4n) is 2.63. The van der Waals surface area contributed by atoms with Crippen molar-refractivity contribution in [1.82, 2.24) is 10.2 Å². The van der Waals surface area contributed by atoms with Crippen LogP contribution in [0.25, 0.3) is 0 Å². The highest BCUT2D eigenvalue weighted by atomic mass is 19.4. The molecule has 118 valence electrons. The smallest absolute Gasteiger partial charge is 0.406 e. The molecule has 0 amide bonds. The van der Waals surface area contributed by atoms with Crippen molar-refractivity contribution in [3.05, 3.63) is 29.8 Å². The Kier molecular flexibility index (Phi) is 5.47. The van der Waals surface area contributed by atoms with E-state index in [1.807, 2.05) is 13.1 Å². The molecule has 1 saturated heterocycles. The molecule has 0 unspecified atom stereocenters. The number of nitrogens with one attached hydrogen (secondary N) is 1. The van der Waals surface area contributed by atoms with Gasteiger partial charge in [-0.15, -0.1) is 13.2 Å². The predicted molar refractivity (Wildman–Crippen MR) is 75.4 cm³/mol. The Morgan fingerprint density at radius 3 is 2.62 bits per heavy atom. The summed E-state index contributed by atoms with van der Waals surface area (Å²) in [6.07, 6.45) is -1.66. The number of ether oxygens (including phenoxy) is 1. The van der Waals surface area contributed by atoms with Gasteiger partial charge in [-0.2, -0.15) is 0 Å². The second-order valence-corrected chi connectivity index (χ2v) is 5.35. The van der Waals surface area contributed by atoms with Crippen LogP contribution in [-0.4, -0.2) is 44.0 Å². The van der Waals surface area contributed by atoms with Crippen LogP contribution < -0.4 is 10.1 Å². The van der Waals surface area contributed by atoms with Crippen LogP contribution in [0.4, 0.5) is 13.2 Å². The van der Waals surface area contributed by atoms with Gasteiger partial charge in [-0.1, -0.05) is 12.1 Å². The molecule has 6 heteroatoms. The van der Waals surface area contributed by atoms with Crippen LogP contribution in [0.2, 0.25) is 0 Å². The topological polar surface area (TPSA) is 24.5 Å². The number of benzene rings is 1. The minimum atomic E-state index is -4.63. The van der Waals surface area contributed by atoms with Crippen LogP contribution in [0.1, 0.15) is 18.4 Å². The minimum Gasteiger partial charge on any atom is -0.406 e. The molecule has 1 aromatic carbocycles. The molecular formula is C15H21F3N2O. The average Bonchev–Trinajstić information content (AvgIpc) is 2.44. The van der Waals surface area contributed by atoms with Gasteiger partial charge in [0.25, 0.3) is 0 Å². The van der Waals surface area contributed by atoms with Crippen molar-refractivity contribution in [2.75, 3.05) is 26.7 Å². The van der Waals surface area contributed by atoms with Crippen molar-refractivity contribution in [2.45, 2.75) is 31.7 Å². The summed E-state index contributed by atoms with van der Waals surface area (Å²) in [5, 5.41) is 3.28. The summed E-state index contributed by atoms with van der Waals surface area (Å²) >= 11 is 0. The molecular weight excluding hydrogens is 281 g/mol. The lowest BCUT2D eigenvalue weighted by Gasteiger charge is -2.31. The largest absolute Gasteiger partial charge is 0.573 e. The van der Waals surface area contributed by atoms with E-state index in [0.29, 0.717) is 6.04 Å². The molecule has 0 radical (unpaired) electrons. The van der Waals surface area contributed by atoms with Crippen LogP contribution in [0, 0.1) is 0 Å². The molecule has 0 spiro atoms. The molecule has 3 nitrogen and oxygen atoms in total. The van der Waals surface area contributed by atoms with E-state index >= 15 is 0 Å². The molecule has 0 bridgehead atoms. The number of rotatable bonds is 5. The fourth-order valence-corrected chi connectivity index (χ4v) is 2.63. The lowest BCUT2D eigenvalue weighted by molar-refractivity contribution is -0.274. The Morgan fingerprint density at radius 1 is 1.29 bits per heavy atom. The van der Waals surface area contributed by atoms with Gasteiger partial charge in [0.05, 0.1) is 0 Å². The van der Waals surface area contributed by atoms with E-state index in [1.54, 1.807) is 6.07 Å². The van der Waals surface area contributed by atoms with E-state index in [-0.39, 0.29) is 5.75 Å². The van der Waals surface area contributed by atoms with Gasteiger partial charge in [-0.25, -0.2) is 0 Å². The SMILES string of the molecule is CNC1CCN(CCc2cccc(OC(F)(F)F)c2)CC1. The normalized spacial score (nSPS) is 17.9. The maximum absolute atomic E-state index is 12.2. The van der Waals surface area contributed by atoms with Crippen molar-refractivity contribution in [3.63, 3.8) is 0 Å². The van der Waals surface area contributed by atoms with Crippen LogP contribution in [0.3, 0.4) is 0 Å². The van der Waals surface area contributed by atoms with E-state index in [2.05, 4.69) is 15.0 Å². The quantitative estimate of drug-likeness (QED) is 0.905. The molecule has 0 aliphatic carbocycles. The maximum Gasteiger partial charge on any atom is 0.573 e. The molecule has 21 heavy (non-hydrogen) atoms. The van der Waals surface area contributed by atoms with Gasteiger partial charge in [0, 0.05) is 12.6 Å². The lowest BCUT2D eigenvalue weighted by Crippen LogP contribution is -2.41. The molecule has 0 aromatic heterocycles. The first-order valence-electron chi connectivity index (χ1n) is 7.20. The minimum absolute atomic E-state index is 0.145. The van der Waals surface area contributed by atoms with E-state index in [1.165, 1.54) is 12.1 Å². The summed E-state index contributed by atoms with van der Waals surface area (Å²) in [4.78, 5) is 2.35. The Bertz CT molecular complexity index is 443. The third kappa shape index (κ3) is 5.55. The molecule has 2 rings (SSSR count). The van der Waals surface area contributed by atoms with Crippen molar-refractivity contribution in [3.8, 4) is 5.75 Å². The molecule has 1 aliphatic heterocycles. The predicted octanol–water partition coefficient (Wildman–Crippen LogP) is 2.81. The third-order valence-corrected chi connectivity index (χ3v) is 3.84. The molecule has 1 fully saturated rings. The molecule has 0 saturated carbocycles. The first kappa shape index (κ1) is 16.1. The van der Waals surface area contributed by atoms with E-state index < -0.39 is 6.36 Å². The van der Waals surface area contributed by atoms with Crippen molar-refractivity contribution in [2.24, 2.45) is 0 Å². The van der Waals surface area contributed by atoms with Crippen LogP contribution in [0.15, 0.2) is 24.3 Å². The Morgan fingerprint density at radius 2 is 2.00 bits per heavy atom. The highest BCUT2D eigenvalue weighted by Gasteiger charge is 2.31. The summed E-state index contributed by atoms with van der Waals surface area (Å²) in [5.41, 5.74) is 0.868. The first-order chi connectivity index (χ1) is 9.96. The summed E-state index contributed by atoms with van der Waals surface area (Å²) < 4.78 is 40.5. The first-order valence-corrected chi connectivity index (χ1v) is 7.20. The lowest BCUT2D eigenvalue weighted by atomic mass is 10.0. The van der Waals surface area contributed by atoms with Crippen LogP contribution >= 0.6 is 0 Å². The standard InChI is InChI=1S/C15H21F3N2O/c1-19-13-6-9-20(10-7-13)8-5-12-3-2-4-14(11-12)21-15(16,17)18/h2-4,11,13,19H,5-10H2,1H3. The monoisotopic (exact) mass is 302 g/mol. The Labute approximate surface area is 123 Å². The number of nitrogens with zero attached hydrogens (tertiary/aromatic N) is 1. The van der Waals surface area contributed by atoms with E-state index in [0.717, 1.165) is 44.5 Å². The second-order valence-electron chi connectivity index (χ2n) is 5.35. The van der Waals surface area contributed by atoms with Crippen molar-refractivity contribution in [1.29, 1.82) is 0 Å². The number of piperidine rings is 1. The molecule has 1 N–H and O–H groups in total. The van der Waals surface area contributed by atoms with Gasteiger partial charge in [0.1, 0.15) is 5.75 Å². The summed E-state index contributed by atoms with van der Waals surface area (Å²) in [6.45, 7) is 2.93. The van der Waals surface area contributed by atoms with Gasteiger partial charge in [0.15, 0.2) is 0 Å². The van der Waals surface area contributed by atoms with E-state index in [9.17, 15) is 13.2 Å². The summed E-state index contributed by atoms with van der Waals surface area (Å²) in [7, 11) is 1.98. The maximum atomic E-state index is 12.2. The fraction of sp³-hybridized carbons (Fsp3) is 0.600. The zero-order chi connectivity index (χ0) is 15.3. The summed E-state index contributed by atoms with van der Waals surface area (Å²) in [6, 6.07) is 6.82. The number of likely N-dealkylation sites (tertiary alicyclic amines) is 1. The number of hydrogen-bond acceptors (Lipinski definition) is 3. The van der Waals surface area contributed by atoms with Crippen LogP contribution in [0.5, 0.6) is 5.75 Å². The van der Waals surface area contributed by atoms with Gasteiger partial charge in [-0.05, 0) is 57.1 Å². The number of alkyl halides is 3. The summed E-state index contributed by atoms with van der Waals surface area (Å²) in [5.74, 6) is -0.145. The van der Waals surface area contributed by atoms with Gasteiger partial charge in [-0.3, -0.25) is 0 Å². The zero-order valence-corrected chi connectivity index (χ0v) is 12.1. The molecule has 1 aromatic rings. The second kappa shape index (κ2) is 7.13. The zero-order valence-electron chi connectivity index (χ0n) is 12.1. The number of hydrogen-bond donors (Lipinski definition) is 1. The van der Waals surface area contributed by atoms with Crippen molar-refractivity contribution >= 4 is 0 Å². The van der Waals surface area contributed by atoms with Gasteiger partial charge in [0.2, 0.25) is 0 Å². The molecule has 1 aliphatic rings.